The van der Waals surface area contributed by atoms with Gasteiger partial charge in [-0.3, -0.25) is 10.7 Å². The van der Waals surface area contributed by atoms with Gasteiger partial charge in [0.15, 0.2) is 0 Å². The summed E-state index contributed by atoms with van der Waals surface area (Å²) >= 11 is 0. The molecule has 96 valence electrons. The van der Waals surface area contributed by atoms with Crippen molar-refractivity contribution in [1.82, 2.24) is 0 Å². The first kappa shape index (κ1) is 12.6. The Hall–Kier alpha value is -2.82. The molecule has 0 fully saturated rings. The number of hydrogen-bond donors (Lipinski definition) is 3. The van der Waals surface area contributed by atoms with Crippen molar-refractivity contribution < 1.29 is 9.53 Å². The lowest BCUT2D eigenvalue weighted by Crippen LogP contribution is -2.17. The van der Waals surface area contributed by atoms with Gasteiger partial charge in [-0.05, 0) is 24.3 Å². The van der Waals surface area contributed by atoms with E-state index in [9.17, 15) is 4.79 Å². The molecule has 1 amide bonds. The number of amides is 1. The zero-order valence-corrected chi connectivity index (χ0v) is 10.1. The monoisotopic (exact) mass is 255 g/mol. The van der Waals surface area contributed by atoms with Crippen molar-refractivity contribution in [2.24, 2.45) is 5.73 Å². The smallest absolute Gasteiger partial charge is 0.410 e. The molecule has 4 N–H and O–H groups in total. The quantitative estimate of drug-likeness (QED) is 0.581. The maximum atomic E-state index is 11.6. The second-order valence-electron chi connectivity index (χ2n) is 3.82. The number of nitrogens with one attached hydrogen (secondary N) is 2. The van der Waals surface area contributed by atoms with Gasteiger partial charge in [-0.15, -0.1) is 0 Å². The summed E-state index contributed by atoms with van der Waals surface area (Å²) in [4.78, 5) is 11.6. The van der Waals surface area contributed by atoms with Gasteiger partial charge in [-0.2, -0.15) is 0 Å². The molecular weight excluding hydrogens is 242 g/mol. The van der Waals surface area contributed by atoms with Crippen LogP contribution in [-0.2, 0) is 0 Å². The minimum atomic E-state index is -0.591. The van der Waals surface area contributed by atoms with E-state index in [1.54, 1.807) is 48.5 Å². The van der Waals surface area contributed by atoms with Crippen LogP contribution in [-0.4, -0.2) is 11.9 Å². The maximum Gasteiger partial charge on any atom is 0.417 e. The van der Waals surface area contributed by atoms with E-state index in [-0.39, 0.29) is 5.84 Å². The molecule has 0 saturated heterocycles. The van der Waals surface area contributed by atoms with Gasteiger partial charge in [-0.25, -0.2) is 4.79 Å². The first-order chi connectivity index (χ1) is 9.15. The largest absolute Gasteiger partial charge is 0.417 e. The molecule has 19 heavy (non-hydrogen) atoms. The Bertz CT molecular complexity index is 597. The third kappa shape index (κ3) is 3.57. The Kier molecular flexibility index (Phi) is 3.78. The molecule has 0 saturated carbocycles. The number of amidine groups is 1. The van der Waals surface area contributed by atoms with Gasteiger partial charge in [0, 0.05) is 11.3 Å². The van der Waals surface area contributed by atoms with Crippen LogP contribution >= 0.6 is 0 Å². The minimum Gasteiger partial charge on any atom is -0.410 e. The number of nitrogens with two attached hydrogens (primary N) is 1. The summed E-state index contributed by atoms with van der Waals surface area (Å²) < 4.78 is 5.08. The number of hydrogen-bond acceptors (Lipinski definition) is 3. The van der Waals surface area contributed by atoms with Gasteiger partial charge in [0.2, 0.25) is 0 Å². The molecule has 0 aliphatic carbocycles. The van der Waals surface area contributed by atoms with Crippen LogP contribution in [0.4, 0.5) is 10.5 Å². The molecular formula is C14H13N3O2. The number of nitrogen functional groups attached to an aromatic ring is 1. The van der Waals surface area contributed by atoms with Gasteiger partial charge in [0.1, 0.15) is 11.6 Å². The first-order valence-electron chi connectivity index (χ1n) is 5.63. The van der Waals surface area contributed by atoms with Crippen LogP contribution in [0.2, 0.25) is 0 Å². The van der Waals surface area contributed by atoms with Crippen molar-refractivity contribution in [1.29, 1.82) is 5.41 Å². The summed E-state index contributed by atoms with van der Waals surface area (Å²) in [5, 5.41) is 9.90. The predicted molar refractivity (Wildman–Crippen MR) is 73.5 cm³/mol. The topological polar surface area (TPSA) is 88.2 Å². The van der Waals surface area contributed by atoms with E-state index in [2.05, 4.69) is 5.32 Å². The number of carbonyl (C=O) groups is 1. The van der Waals surface area contributed by atoms with Gasteiger partial charge < -0.3 is 10.5 Å². The molecule has 0 bridgehead atoms. The minimum absolute atomic E-state index is 0.0555. The zero-order chi connectivity index (χ0) is 13.7. The van der Waals surface area contributed by atoms with E-state index in [4.69, 9.17) is 15.9 Å². The average molecular weight is 255 g/mol. The van der Waals surface area contributed by atoms with Gasteiger partial charge in [0.25, 0.3) is 0 Å². The summed E-state index contributed by atoms with van der Waals surface area (Å²) in [5.74, 6) is 0.405. The fourth-order valence-electron chi connectivity index (χ4n) is 1.50. The predicted octanol–water partition coefficient (Wildman–Crippen LogP) is 2.58. The Balaban J connectivity index is 2.03. The number of ether oxygens (including phenoxy) is 1. The van der Waals surface area contributed by atoms with E-state index in [1.807, 2.05) is 6.07 Å². The normalized spacial score (nSPS) is 9.68. The van der Waals surface area contributed by atoms with Crippen LogP contribution in [0.5, 0.6) is 5.75 Å². The third-order valence-corrected chi connectivity index (χ3v) is 2.37. The molecule has 0 aromatic heterocycles. The lowest BCUT2D eigenvalue weighted by atomic mass is 10.2. The van der Waals surface area contributed by atoms with E-state index in [0.717, 1.165) is 0 Å². The molecule has 0 atom stereocenters. The Morgan fingerprint density at radius 2 is 1.84 bits per heavy atom. The number of anilines is 1. The van der Waals surface area contributed by atoms with E-state index >= 15 is 0 Å². The molecule has 0 aliphatic rings. The van der Waals surface area contributed by atoms with Crippen molar-refractivity contribution in [3.05, 3.63) is 60.2 Å². The molecule has 0 radical (unpaired) electrons. The third-order valence-electron chi connectivity index (χ3n) is 2.37. The second-order valence-corrected chi connectivity index (χ2v) is 3.82. The highest BCUT2D eigenvalue weighted by Gasteiger charge is 2.05. The molecule has 5 nitrogen and oxygen atoms in total. The molecule has 5 heteroatoms. The Morgan fingerprint density at radius 3 is 2.53 bits per heavy atom. The van der Waals surface area contributed by atoms with Crippen LogP contribution in [0.25, 0.3) is 0 Å². The number of carbonyl (C=O) groups excluding carboxylic acids is 1. The SMILES string of the molecule is N=C(N)c1cccc(NC(=O)Oc2ccccc2)c1. The molecule has 2 rings (SSSR count). The van der Waals surface area contributed by atoms with E-state index in [0.29, 0.717) is 17.0 Å². The van der Waals surface area contributed by atoms with Crippen molar-refractivity contribution in [2.45, 2.75) is 0 Å². The average Bonchev–Trinajstić information content (AvgIpc) is 2.40. The first-order valence-corrected chi connectivity index (χ1v) is 5.63. The summed E-state index contributed by atoms with van der Waals surface area (Å²) in [6.45, 7) is 0. The molecule has 2 aromatic carbocycles. The van der Waals surface area contributed by atoms with Crippen molar-refractivity contribution in [3.63, 3.8) is 0 Å². The summed E-state index contributed by atoms with van der Waals surface area (Å²) in [6.07, 6.45) is -0.591. The van der Waals surface area contributed by atoms with Gasteiger partial charge >= 0.3 is 6.09 Å². The van der Waals surface area contributed by atoms with Crippen molar-refractivity contribution >= 4 is 17.6 Å². The Morgan fingerprint density at radius 1 is 1.11 bits per heavy atom. The van der Waals surface area contributed by atoms with E-state index in [1.165, 1.54) is 0 Å². The van der Waals surface area contributed by atoms with Crippen LogP contribution in [0.1, 0.15) is 5.56 Å². The number of benzene rings is 2. The lowest BCUT2D eigenvalue weighted by Gasteiger charge is -2.07. The van der Waals surface area contributed by atoms with E-state index < -0.39 is 6.09 Å². The summed E-state index contributed by atoms with van der Waals surface area (Å²) in [5.41, 5.74) is 6.44. The fourth-order valence-corrected chi connectivity index (χ4v) is 1.50. The van der Waals surface area contributed by atoms with Crippen LogP contribution in [0.15, 0.2) is 54.6 Å². The fraction of sp³-hybridized carbons (Fsp3) is 0. The molecule has 0 unspecified atom stereocenters. The standard InChI is InChI=1S/C14H13N3O2/c15-13(16)10-5-4-6-11(9-10)17-14(18)19-12-7-2-1-3-8-12/h1-9H,(H3,15,16)(H,17,18). The van der Waals surface area contributed by atoms with Crippen molar-refractivity contribution in [2.75, 3.05) is 5.32 Å². The van der Waals surface area contributed by atoms with Crippen molar-refractivity contribution in [3.8, 4) is 5.75 Å². The molecule has 0 heterocycles. The molecule has 0 aliphatic heterocycles. The summed E-state index contributed by atoms with van der Waals surface area (Å²) in [7, 11) is 0. The highest BCUT2D eigenvalue weighted by Crippen LogP contribution is 2.13. The van der Waals surface area contributed by atoms with Gasteiger partial charge in [0.05, 0.1) is 0 Å². The zero-order valence-electron chi connectivity index (χ0n) is 10.1. The van der Waals surface area contributed by atoms with Gasteiger partial charge in [-0.1, -0.05) is 30.3 Å². The lowest BCUT2D eigenvalue weighted by molar-refractivity contribution is 0.215. The molecule has 0 spiro atoms. The summed E-state index contributed by atoms with van der Waals surface area (Å²) in [6, 6.07) is 15.5. The maximum absolute atomic E-state index is 11.6. The van der Waals surface area contributed by atoms with Crippen LogP contribution in [0.3, 0.4) is 0 Å². The second kappa shape index (κ2) is 5.68. The number of para-hydroxylation sites is 1. The highest BCUT2D eigenvalue weighted by atomic mass is 16.6. The van der Waals surface area contributed by atoms with Crippen LogP contribution < -0.4 is 15.8 Å². The highest BCUT2D eigenvalue weighted by molar-refractivity contribution is 5.97. The Labute approximate surface area is 110 Å². The molecule has 2 aromatic rings. The van der Waals surface area contributed by atoms with Crippen LogP contribution in [0, 0.1) is 5.41 Å². The number of rotatable bonds is 3.